The first-order chi connectivity index (χ1) is 10.0. The molecule has 0 aliphatic carbocycles. The third kappa shape index (κ3) is 3.30. The molecule has 0 atom stereocenters. The Morgan fingerprint density at radius 1 is 1.29 bits per heavy atom. The summed E-state index contributed by atoms with van der Waals surface area (Å²) in [4.78, 5) is 10.3. The molecular weight excluding hydrogens is 292 g/mol. The lowest BCUT2D eigenvalue weighted by Gasteiger charge is -2.08. The highest BCUT2D eigenvalue weighted by molar-refractivity contribution is 6.31. The van der Waals surface area contributed by atoms with Gasteiger partial charge in [0.2, 0.25) is 0 Å². The molecule has 21 heavy (non-hydrogen) atoms. The standard InChI is InChI=1S/C15H11ClN2O3/c1-2-10-7-12(5-6-14(10)16)21-13-4-3-11(9-17)15(8-13)18(19)20/h3-8H,2H2,1H3. The smallest absolute Gasteiger partial charge is 0.290 e. The van der Waals surface area contributed by atoms with Crippen molar-refractivity contribution in [2.75, 3.05) is 0 Å². The maximum absolute atomic E-state index is 10.9. The molecule has 0 N–H and O–H groups in total. The number of hydrogen-bond donors (Lipinski definition) is 0. The van der Waals surface area contributed by atoms with Crippen molar-refractivity contribution in [1.82, 2.24) is 0 Å². The molecule has 0 aliphatic heterocycles. The van der Waals surface area contributed by atoms with Gasteiger partial charge < -0.3 is 4.74 Å². The third-order valence-electron chi connectivity index (χ3n) is 2.92. The molecule has 0 bridgehead atoms. The number of halogens is 1. The fourth-order valence-corrected chi connectivity index (χ4v) is 2.09. The van der Waals surface area contributed by atoms with Crippen LogP contribution in [0, 0.1) is 21.4 Å². The van der Waals surface area contributed by atoms with Crippen LogP contribution in [0.4, 0.5) is 5.69 Å². The molecule has 0 aliphatic rings. The minimum absolute atomic E-state index is 0.00213. The van der Waals surface area contributed by atoms with Gasteiger partial charge in [0.25, 0.3) is 5.69 Å². The van der Waals surface area contributed by atoms with Gasteiger partial charge in [0.1, 0.15) is 23.1 Å². The number of nitro benzene ring substituents is 1. The average molecular weight is 303 g/mol. The van der Waals surface area contributed by atoms with Crippen molar-refractivity contribution in [1.29, 1.82) is 5.26 Å². The first-order valence-corrected chi connectivity index (χ1v) is 6.57. The summed E-state index contributed by atoms with van der Waals surface area (Å²) < 4.78 is 5.59. The van der Waals surface area contributed by atoms with Crippen molar-refractivity contribution in [3.63, 3.8) is 0 Å². The van der Waals surface area contributed by atoms with Gasteiger partial charge in [-0.1, -0.05) is 18.5 Å². The van der Waals surface area contributed by atoms with E-state index in [1.165, 1.54) is 18.2 Å². The molecule has 0 heterocycles. The average Bonchev–Trinajstić information content (AvgIpc) is 2.49. The van der Waals surface area contributed by atoms with Crippen LogP contribution in [0.15, 0.2) is 36.4 Å². The highest BCUT2D eigenvalue weighted by atomic mass is 35.5. The van der Waals surface area contributed by atoms with Gasteiger partial charge in [-0.15, -0.1) is 0 Å². The van der Waals surface area contributed by atoms with Crippen molar-refractivity contribution in [2.24, 2.45) is 0 Å². The molecule has 106 valence electrons. The monoisotopic (exact) mass is 302 g/mol. The Morgan fingerprint density at radius 3 is 2.57 bits per heavy atom. The summed E-state index contributed by atoms with van der Waals surface area (Å²) in [6.45, 7) is 1.97. The molecule has 0 amide bonds. The summed E-state index contributed by atoms with van der Waals surface area (Å²) in [5.41, 5.74) is 0.648. The Bertz CT molecular complexity index is 738. The molecule has 0 saturated heterocycles. The highest BCUT2D eigenvalue weighted by Gasteiger charge is 2.15. The van der Waals surface area contributed by atoms with Gasteiger partial charge in [-0.25, -0.2) is 0 Å². The fourth-order valence-electron chi connectivity index (χ4n) is 1.84. The van der Waals surface area contributed by atoms with Crippen LogP contribution in [0.1, 0.15) is 18.1 Å². The molecule has 2 aromatic carbocycles. The minimum Gasteiger partial charge on any atom is -0.457 e. The Morgan fingerprint density at radius 2 is 1.95 bits per heavy atom. The Labute approximate surface area is 126 Å². The number of rotatable bonds is 4. The number of nitro groups is 1. The number of aryl methyl sites for hydroxylation is 1. The van der Waals surface area contributed by atoms with Crippen LogP contribution in [0.25, 0.3) is 0 Å². The number of benzene rings is 2. The normalized spacial score (nSPS) is 9.95. The van der Waals surface area contributed by atoms with Gasteiger partial charge in [0.15, 0.2) is 0 Å². The molecule has 0 unspecified atom stereocenters. The van der Waals surface area contributed by atoms with Gasteiger partial charge in [0, 0.05) is 5.02 Å². The molecule has 0 fully saturated rings. The third-order valence-corrected chi connectivity index (χ3v) is 3.29. The van der Waals surface area contributed by atoms with E-state index in [1.54, 1.807) is 24.3 Å². The van der Waals surface area contributed by atoms with Gasteiger partial charge in [-0.3, -0.25) is 10.1 Å². The molecular formula is C15H11ClN2O3. The lowest BCUT2D eigenvalue weighted by Crippen LogP contribution is -1.94. The van der Waals surface area contributed by atoms with E-state index < -0.39 is 4.92 Å². The van der Waals surface area contributed by atoms with Crippen LogP contribution < -0.4 is 4.74 Å². The second-order valence-electron chi connectivity index (χ2n) is 4.26. The molecule has 6 heteroatoms. The highest BCUT2D eigenvalue weighted by Crippen LogP contribution is 2.30. The zero-order valence-electron chi connectivity index (χ0n) is 11.2. The second kappa shape index (κ2) is 6.25. The molecule has 0 spiro atoms. The molecule has 2 aromatic rings. The second-order valence-corrected chi connectivity index (χ2v) is 4.66. The fraction of sp³-hybridized carbons (Fsp3) is 0.133. The van der Waals surface area contributed by atoms with Gasteiger partial charge in [0.05, 0.1) is 11.0 Å². The predicted molar refractivity (Wildman–Crippen MR) is 78.7 cm³/mol. The maximum Gasteiger partial charge on any atom is 0.290 e. The zero-order chi connectivity index (χ0) is 15.4. The number of nitriles is 1. The Kier molecular flexibility index (Phi) is 4.41. The molecule has 0 radical (unpaired) electrons. The molecule has 5 nitrogen and oxygen atoms in total. The number of hydrogen-bond acceptors (Lipinski definition) is 4. The SMILES string of the molecule is CCc1cc(Oc2ccc(C#N)c([N+](=O)[O-])c2)ccc1Cl. The van der Waals surface area contributed by atoms with Crippen LogP contribution in [0.3, 0.4) is 0 Å². The summed E-state index contributed by atoms with van der Waals surface area (Å²) in [6.07, 6.45) is 0.754. The van der Waals surface area contributed by atoms with Crippen molar-refractivity contribution in [2.45, 2.75) is 13.3 Å². The Hall–Kier alpha value is -2.58. The van der Waals surface area contributed by atoms with Crippen molar-refractivity contribution in [3.05, 3.63) is 62.7 Å². The number of nitrogens with zero attached hydrogens (tertiary/aromatic N) is 2. The van der Waals surface area contributed by atoms with Crippen molar-refractivity contribution >= 4 is 17.3 Å². The van der Waals surface area contributed by atoms with E-state index in [-0.39, 0.29) is 11.3 Å². The molecule has 0 aromatic heterocycles. The first-order valence-electron chi connectivity index (χ1n) is 6.20. The minimum atomic E-state index is -0.606. The Balaban J connectivity index is 2.34. The summed E-state index contributed by atoms with van der Waals surface area (Å²) in [6, 6.07) is 11.1. The molecule has 2 rings (SSSR count). The van der Waals surface area contributed by atoms with Crippen molar-refractivity contribution in [3.8, 4) is 17.6 Å². The topological polar surface area (TPSA) is 76.2 Å². The summed E-state index contributed by atoms with van der Waals surface area (Å²) in [5, 5.41) is 20.4. The first kappa shape index (κ1) is 14.8. The summed E-state index contributed by atoms with van der Waals surface area (Å²) in [7, 11) is 0. The summed E-state index contributed by atoms with van der Waals surface area (Å²) in [5.74, 6) is 0.834. The maximum atomic E-state index is 10.9. The van der Waals surface area contributed by atoms with Crippen LogP contribution in [0.2, 0.25) is 5.02 Å². The van der Waals surface area contributed by atoms with E-state index in [1.807, 2.05) is 6.92 Å². The largest absolute Gasteiger partial charge is 0.457 e. The van der Waals surface area contributed by atoms with Crippen LogP contribution in [-0.2, 0) is 6.42 Å². The lowest BCUT2D eigenvalue weighted by molar-refractivity contribution is -0.385. The van der Waals surface area contributed by atoms with Crippen molar-refractivity contribution < 1.29 is 9.66 Å². The van der Waals surface area contributed by atoms with Gasteiger partial charge in [-0.05, 0) is 42.3 Å². The predicted octanol–water partition coefficient (Wildman–Crippen LogP) is 4.47. The van der Waals surface area contributed by atoms with Crippen LogP contribution in [-0.4, -0.2) is 4.92 Å². The van der Waals surface area contributed by atoms with E-state index >= 15 is 0 Å². The lowest BCUT2D eigenvalue weighted by atomic mass is 10.1. The molecule has 0 saturated carbocycles. The van der Waals surface area contributed by atoms with E-state index in [4.69, 9.17) is 21.6 Å². The van der Waals surface area contributed by atoms with E-state index in [0.29, 0.717) is 16.5 Å². The zero-order valence-corrected chi connectivity index (χ0v) is 11.9. The van der Waals surface area contributed by atoms with E-state index in [2.05, 4.69) is 0 Å². The van der Waals surface area contributed by atoms with Crippen LogP contribution >= 0.6 is 11.6 Å². The quantitative estimate of drug-likeness (QED) is 0.616. The van der Waals surface area contributed by atoms with E-state index in [0.717, 1.165) is 12.0 Å². The summed E-state index contributed by atoms with van der Waals surface area (Å²) >= 11 is 6.02. The van der Waals surface area contributed by atoms with Crippen LogP contribution in [0.5, 0.6) is 11.5 Å². The van der Waals surface area contributed by atoms with Gasteiger partial charge in [-0.2, -0.15) is 5.26 Å². The van der Waals surface area contributed by atoms with E-state index in [9.17, 15) is 10.1 Å². The number of ether oxygens (including phenoxy) is 1. The van der Waals surface area contributed by atoms with Gasteiger partial charge >= 0.3 is 0 Å².